The largest absolute Gasteiger partial charge is 0.354 e. The van der Waals surface area contributed by atoms with Crippen LogP contribution < -0.4 is 10.9 Å². The second kappa shape index (κ2) is 6.01. The predicted octanol–water partition coefficient (Wildman–Crippen LogP) is 3.54. The number of aromatic amines is 2. The number of nitrogens with one attached hydrogen (secondary N) is 2. The molecular weight excluding hydrogens is 404 g/mol. The van der Waals surface area contributed by atoms with Crippen LogP contribution in [0.25, 0.3) is 43.6 Å². The quantitative estimate of drug-likeness (QED) is 0.283. The van der Waals surface area contributed by atoms with Crippen molar-refractivity contribution in [2.45, 2.75) is 18.7 Å². The Morgan fingerprint density at radius 2 is 1.37 bits per heavy atom. The maximum absolute atomic E-state index is 13.2. The van der Waals surface area contributed by atoms with Gasteiger partial charge in [-0.15, -0.1) is 0 Å². The van der Waals surface area contributed by atoms with Crippen LogP contribution >= 0.6 is 0 Å². The molecule has 0 bridgehead atoms. The minimum Gasteiger partial charge on any atom is -0.354 e. The molecule has 0 spiro atoms. The lowest BCUT2D eigenvalue weighted by Gasteiger charge is -2.10. The van der Waals surface area contributed by atoms with E-state index in [4.69, 9.17) is 0 Å². The first-order valence-corrected chi connectivity index (χ1v) is 10.6. The van der Waals surface area contributed by atoms with E-state index in [1.165, 1.54) is 6.07 Å². The summed E-state index contributed by atoms with van der Waals surface area (Å²) in [6.07, 6.45) is 0. The van der Waals surface area contributed by atoms with Crippen molar-refractivity contribution < 1.29 is 13.0 Å². The van der Waals surface area contributed by atoms with E-state index < -0.39 is 20.4 Å². The Morgan fingerprint density at radius 3 is 2.00 bits per heavy atom. The maximum atomic E-state index is 13.2. The summed E-state index contributed by atoms with van der Waals surface area (Å²) < 4.78 is 33.4. The van der Waals surface area contributed by atoms with Gasteiger partial charge in [0.1, 0.15) is 4.90 Å². The average molecular weight is 420 g/mol. The number of fused-ring (bicyclic) bond motifs is 4. The number of benzene rings is 3. The van der Waals surface area contributed by atoms with Crippen LogP contribution in [0.2, 0.25) is 0 Å². The Balaban J connectivity index is 2.03. The zero-order chi connectivity index (χ0) is 21.4. The first-order chi connectivity index (χ1) is 14.1. The van der Waals surface area contributed by atoms with Crippen molar-refractivity contribution in [1.82, 2.24) is 9.97 Å². The van der Waals surface area contributed by atoms with Crippen LogP contribution in [0.15, 0.2) is 56.9 Å². The monoisotopic (exact) mass is 420 g/mol. The zero-order valence-corrected chi connectivity index (χ0v) is 16.8. The molecule has 0 saturated carbocycles. The van der Waals surface area contributed by atoms with E-state index in [2.05, 4.69) is 9.97 Å². The summed E-state index contributed by atoms with van der Waals surface area (Å²) in [6.45, 7) is 3.52. The van der Waals surface area contributed by atoms with Gasteiger partial charge in [-0.2, -0.15) is 8.42 Å². The van der Waals surface area contributed by atoms with Crippen LogP contribution in [0.5, 0.6) is 0 Å². The first-order valence-electron chi connectivity index (χ1n) is 9.18. The van der Waals surface area contributed by atoms with Crippen molar-refractivity contribution in [2.75, 3.05) is 0 Å². The molecular formula is C22H16N2O5S. The molecule has 0 atom stereocenters. The normalized spacial score (nSPS) is 12.4. The van der Waals surface area contributed by atoms with Crippen LogP contribution in [-0.4, -0.2) is 22.9 Å². The molecule has 7 nitrogen and oxygen atoms in total. The van der Waals surface area contributed by atoms with Crippen LogP contribution in [0.3, 0.4) is 0 Å². The van der Waals surface area contributed by atoms with Gasteiger partial charge in [0.05, 0.1) is 27.5 Å². The summed E-state index contributed by atoms with van der Waals surface area (Å²) in [6, 6.07) is 11.5. The fourth-order valence-corrected chi connectivity index (χ4v) is 4.90. The zero-order valence-electron chi connectivity index (χ0n) is 16.0. The van der Waals surface area contributed by atoms with Crippen LogP contribution in [0, 0.1) is 13.8 Å². The molecule has 0 amide bonds. The van der Waals surface area contributed by atoms with Crippen molar-refractivity contribution in [3.8, 4) is 0 Å². The third-order valence-electron chi connectivity index (χ3n) is 5.44. The minimum absolute atomic E-state index is 0.117. The standard InChI is InChI=1S/C22H16N2O5S/c1-10-6-17-20(18(7-10)30(27,28)29)22(26)13-9-15-12(8-16(13)24-17)21(25)19-11(2)4-3-5-14(19)23-15/h3-9H,1-2H3,(H,23,25)(H,24,26)(H,27,28,29). The van der Waals surface area contributed by atoms with E-state index in [0.29, 0.717) is 32.9 Å². The molecule has 3 aromatic carbocycles. The SMILES string of the molecule is Cc1cc(S(=O)(=O)O)c2c(=O)c3cc4[nH]c5cccc(C)c5c(=O)c4cc3[nH]c2c1. The average Bonchev–Trinajstić information content (AvgIpc) is 2.66. The molecule has 0 unspecified atom stereocenters. The van der Waals surface area contributed by atoms with Gasteiger partial charge in [0, 0.05) is 16.2 Å². The molecule has 0 fully saturated rings. The van der Waals surface area contributed by atoms with Gasteiger partial charge in [0.2, 0.25) is 0 Å². The number of aryl methyl sites for hydroxylation is 2. The van der Waals surface area contributed by atoms with Gasteiger partial charge in [-0.05, 0) is 55.3 Å². The van der Waals surface area contributed by atoms with Crippen LogP contribution in [0.1, 0.15) is 11.1 Å². The van der Waals surface area contributed by atoms with Gasteiger partial charge in [-0.25, -0.2) is 0 Å². The van der Waals surface area contributed by atoms with E-state index in [-0.39, 0.29) is 21.7 Å². The Bertz CT molecular complexity index is 1780. The highest BCUT2D eigenvalue weighted by molar-refractivity contribution is 7.86. The van der Waals surface area contributed by atoms with E-state index in [9.17, 15) is 22.6 Å². The third-order valence-corrected chi connectivity index (χ3v) is 6.31. The molecule has 0 aliphatic carbocycles. The second-order valence-electron chi connectivity index (χ2n) is 7.51. The topological polar surface area (TPSA) is 120 Å². The fraction of sp³-hybridized carbons (Fsp3) is 0.0909. The Kier molecular flexibility index (Phi) is 3.71. The summed E-state index contributed by atoms with van der Waals surface area (Å²) in [5.74, 6) is 0. The molecule has 2 aromatic heterocycles. The van der Waals surface area contributed by atoms with Crippen molar-refractivity contribution in [1.29, 1.82) is 0 Å². The van der Waals surface area contributed by atoms with Gasteiger partial charge in [-0.3, -0.25) is 14.1 Å². The third kappa shape index (κ3) is 2.58. The predicted molar refractivity (Wildman–Crippen MR) is 117 cm³/mol. The number of H-pyrrole nitrogens is 2. The minimum atomic E-state index is -4.60. The molecule has 0 radical (unpaired) electrons. The Labute approximate surface area is 169 Å². The highest BCUT2D eigenvalue weighted by Crippen LogP contribution is 2.26. The number of hydrogen-bond acceptors (Lipinski definition) is 4. The van der Waals surface area contributed by atoms with E-state index >= 15 is 0 Å². The number of hydrogen-bond donors (Lipinski definition) is 3. The van der Waals surface area contributed by atoms with Crippen molar-refractivity contribution in [2.24, 2.45) is 0 Å². The smallest absolute Gasteiger partial charge is 0.295 e. The summed E-state index contributed by atoms with van der Waals surface area (Å²) in [7, 11) is -4.60. The van der Waals surface area contributed by atoms with Gasteiger partial charge in [0.25, 0.3) is 10.1 Å². The molecule has 8 heteroatoms. The first kappa shape index (κ1) is 18.5. The van der Waals surface area contributed by atoms with E-state index in [1.54, 1.807) is 31.2 Å². The van der Waals surface area contributed by atoms with E-state index in [0.717, 1.165) is 5.56 Å². The lowest BCUT2D eigenvalue weighted by molar-refractivity contribution is 0.484. The molecule has 5 aromatic rings. The lowest BCUT2D eigenvalue weighted by Crippen LogP contribution is -2.12. The molecule has 30 heavy (non-hydrogen) atoms. The molecule has 0 saturated heterocycles. The molecule has 150 valence electrons. The van der Waals surface area contributed by atoms with Gasteiger partial charge in [0.15, 0.2) is 10.9 Å². The van der Waals surface area contributed by atoms with Crippen molar-refractivity contribution in [3.63, 3.8) is 0 Å². The summed E-state index contributed by atoms with van der Waals surface area (Å²) in [5.41, 5.74) is 2.51. The maximum Gasteiger partial charge on any atom is 0.295 e. The molecule has 2 heterocycles. The van der Waals surface area contributed by atoms with Crippen LogP contribution in [-0.2, 0) is 10.1 Å². The lowest BCUT2D eigenvalue weighted by atomic mass is 10.0. The second-order valence-corrected chi connectivity index (χ2v) is 8.90. The molecule has 3 N–H and O–H groups in total. The molecule has 0 aliphatic rings. The molecule has 0 aliphatic heterocycles. The summed E-state index contributed by atoms with van der Waals surface area (Å²) in [5, 5.41) is 1.10. The molecule has 5 rings (SSSR count). The van der Waals surface area contributed by atoms with Crippen LogP contribution in [0.4, 0.5) is 0 Å². The Hall–Kier alpha value is -3.49. The summed E-state index contributed by atoms with van der Waals surface area (Å²) in [4.78, 5) is 32.1. The van der Waals surface area contributed by atoms with Gasteiger partial charge in [-0.1, -0.05) is 12.1 Å². The van der Waals surface area contributed by atoms with E-state index in [1.807, 2.05) is 19.1 Å². The highest BCUT2D eigenvalue weighted by atomic mass is 32.2. The number of aromatic nitrogens is 2. The fourth-order valence-electron chi connectivity index (χ4n) is 4.10. The number of pyridine rings is 2. The van der Waals surface area contributed by atoms with Gasteiger partial charge >= 0.3 is 0 Å². The number of rotatable bonds is 1. The summed E-state index contributed by atoms with van der Waals surface area (Å²) >= 11 is 0. The Morgan fingerprint density at radius 1 is 0.767 bits per heavy atom. The highest BCUT2D eigenvalue weighted by Gasteiger charge is 2.20. The van der Waals surface area contributed by atoms with Crippen molar-refractivity contribution in [3.05, 3.63) is 74.0 Å². The van der Waals surface area contributed by atoms with Gasteiger partial charge < -0.3 is 9.97 Å². The van der Waals surface area contributed by atoms with Crippen molar-refractivity contribution >= 4 is 53.7 Å².